The minimum Gasteiger partial charge on any atom is -0.388 e. The second kappa shape index (κ2) is 4.14. The highest BCUT2D eigenvalue weighted by Crippen LogP contribution is 2.31. The fraction of sp³-hybridized carbons (Fsp3) is 0.800. The predicted octanol–water partition coefficient (Wildman–Crippen LogP) is 0.393. The van der Waals surface area contributed by atoms with Gasteiger partial charge in [-0.25, -0.2) is 0 Å². The minimum absolute atomic E-state index is 0.156. The van der Waals surface area contributed by atoms with E-state index in [9.17, 15) is 14.7 Å². The Hall–Kier alpha value is -0.550. The summed E-state index contributed by atoms with van der Waals surface area (Å²) in [5, 5.41) is 10.1. The molecule has 1 N–H and O–H groups in total. The molecule has 2 aliphatic rings. The third-order valence-corrected chi connectivity index (χ3v) is 3.94. The van der Waals surface area contributed by atoms with E-state index < -0.39 is 5.60 Å². The fourth-order valence-corrected chi connectivity index (χ4v) is 2.95. The van der Waals surface area contributed by atoms with E-state index in [4.69, 9.17) is 0 Å². The van der Waals surface area contributed by atoms with Crippen molar-refractivity contribution in [3.05, 3.63) is 0 Å². The lowest BCUT2D eigenvalue weighted by Crippen LogP contribution is -2.50. The number of carbonyl (C=O) groups is 2. The van der Waals surface area contributed by atoms with Crippen LogP contribution in [0.15, 0.2) is 0 Å². The average molecular weight is 229 g/mol. The van der Waals surface area contributed by atoms with Crippen LogP contribution in [0.5, 0.6) is 0 Å². The van der Waals surface area contributed by atoms with Crippen molar-refractivity contribution in [2.24, 2.45) is 0 Å². The molecule has 0 aromatic heterocycles. The molecule has 0 radical (unpaired) electrons. The lowest BCUT2D eigenvalue weighted by molar-refractivity contribution is -0.146. The number of carbonyl (C=O) groups excluding carboxylic acids is 2. The second-order valence-corrected chi connectivity index (χ2v) is 5.28. The summed E-state index contributed by atoms with van der Waals surface area (Å²) in [6.45, 7) is 0.200. The van der Waals surface area contributed by atoms with Crippen LogP contribution in [0.25, 0.3) is 0 Å². The monoisotopic (exact) mass is 229 g/mol. The van der Waals surface area contributed by atoms with Crippen molar-refractivity contribution in [1.82, 2.24) is 4.90 Å². The zero-order chi connectivity index (χ0) is 10.9. The third-order valence-electron chi connectivity index (χ3n) is 3.04. The Morgan fingerprint density at radius 1 is 1.20 bits per heavy atom. The smallest absolute Gasteiger partial charge is 0.239 e. The molecule has 0 bridgehead atoms. The molecular weight excluding hydrogens is 214 g/mol. The van der Waals surface area contributed by atoms with E-state index in [-0.39, 0.29) is 18.4 Å². The van der Waals surface area contributed by atoms with E-state index in [1.807, 2.05) is 0 Å². The van der Waals surface area contributed by atoms with E-state index >= 15 is 0 Å². The highest BCUT2D eigenvalue weighted by Gasteiger charge is 2.37. The van der Waals surface area contributed by atoms with Crippen LogP contribution in [0.1, 0.15) is 25.7 Å². The Morgan fingerprint density at radius 3 is 2.27 bits per heavy atom. The number of hydrogen-bond donors (Lipinski definition) is 1. The summed E-state index contributed by atoms with van der Waals surface area (Å²) in [7, 11) is 0. The lowest BCUT2D eigenvalue weighted by Gasteiger charge is -2.32. The normalized spacial score (nSPS) is 26.1. The molecule has 15 heavy (non-hydrogen) atoms. The van der Waals surface area contributed by atoms with Gasteiger partial charge in [0.05, 0.1) is 23.7 Å². The van der Waals surface area contributed by atoms with Crippen molar-refractivity contribution in [1.29, 1.82) is 0 Å². The number of rotatable bonds is 2. The maximum Gasteiger partial charge on any atom is 0.239 e. The highest BCUT2D eigenvalue weighted by molar-refractivity contribution is 8.00. The summed E-state index contributed by atoms with van der Waals surface area (Å²) >= 11 is 1.35. The van der Waals surface area contributed by atoms with Crippen LogP contribution in [0.2, 0.25) is 0 Å². The van der Waals surface area contributed by atoms with Gasteiger partial charge in [0.2, 0.25) is 11.8 Å². The maximum absolute atomic E-state index is 11.5. The summed E-state index contributed by atoms with van der Waals surface area (Å²) < 4.78 is 0. The molecule has 0 unspecified atom stereocenters. The lowest BCUT2D eigenvalue weighted by atomic mass is 10.0. The molecule has 2 amide bonds. The van der Waals surface area contributed by atoms with Crippen molar-refractivity contribution in [3.8, 4) is 0 Å². The first kappa shape index (κ1) is 11.0. The van der Waals surface area contributed by atoms with Crippen LogP contribution in [0, 0.1) is 0 Å². The number of hydrogen-bond acceptors (Lipinski definition) is 4. The van der Waals surface area contributed by atoms with Gasteiger partial charge < -0.3 is 5.11 Å². The molecule has 1 heterocycles. The van der Waals surface area contributed by atoms with Gasteiger partial charge in [0.15, 0.2) is 0 Å². The molecule has 84 valence electrons. The molecule has 0 aromatic carbocycles. The summed E-state index contributed by atoms with van der Waals surface area (Å²) in [6.07, 6.45) is 3.39. The van der Waals surface area contributed by atoms with Gasteiger partial charge in [0.25, 0.3) is 0 Å². The maximum atomic E-state index is 11.5. The van der Waals surface area contributed by atoms with Gasteiger partial charge in [-0.15, -0.1) is 11.8 Å². The first-order chi connectivity index (χ1) is 7.11. The van der Waals surface area contributed by atoms with Gasteiger partial charge in [-0.1, -0.05) is 12.8 Å². The molecule has 2 fully saturated rings. The molecule has 1 saturated heterocycles. The average Bonchev–Trinajstić information content (AvgIpc) is 2.60. The van der Waals surface area contributed by atoms with Crippen molar-refractivity contribution in [2.45, 2.75) is 31.3 Å². The van der Waals surface area contributed by atoms with Crippen LogP contribution in [-0.4, -0.2) is 45.5 Å². The predicted molar refractivity (Wildman–Crippen MR) is 57.5 cm³/mol. The topological polar surface area (TPSA) is 57.6 Å². The van der Waals surface area contributed by atoms with Gasteiger partial charge in [0, 0.05) is 0 Å². The number of thioether (sulfide) groups is 1. The van der Waals surface area contributed by atoms with Crippen LogP contribution in [-0.2, 0) is 9.59 Å². The molecule has 5 heteroatoms. The molecule has 1 aliphatic carbocycles. The van der Waals surface area contributed by atoms with Crippen LogP contribution >= 0.6 is 11.8 Å². The van der Waals surface area contributed by atoms with Gasteiger partial charge in [-0.3, -0.25) is 14.5 Å². The molecule has 1 aliphatic heterocycles. The fourth-order valence-electron chi connectivity index (χ4n) is 2.18. The van der Waals surface area contributed by atoms with E-state index in [2.05, 4.69) is 0 Å². The second-order valence-electron chi connectivity index (χ2n) is 4.30. The van der Waals surface area contributed by atoms with E-state index in [0.717, 1.165) is 12.8 Å². The van der Waals surface area contributed by atoms with Crippen LogP contribution in [0.3, 0.4) is 0 Å². The number of amides is 2. The SMILES string of the molecule is O=C1CSCC(=O)N1CC1(O)CCCC1. The van der Waals surface area contributed by atoms with Gasteiger partial charge >= 0.3 is 0 Å². The molecule has 2 rings (SSSR count). The summed E-state index contributed by atoms with van der Waals surface area (Å²) in [4.78, 5) is 24.3. The Labute approximate surface area is 93.0 Å². The summed E-state index contributed by atoms with van der Waals surface area (Å²) in [6, 6.07) is 0. The Balaban J connectivity index is 2.02. The standard InChI is InChI=1S/C10H15NO3S/c12-8-5-15-6-9(13)11(8)7-10(14)3-1-2-4-10/h14H,1-7H2. The quantitative estimate of drug-likeness (QED) is 0.696. The number of aliphatic hydroxyl groups is 1. The Bertz CT molecular complexity index is 270. The zero-order valence-corrected chi connectivity index (χ0v) is 9.39. The van der Waals surface area contributed by atoms with Crippen molar-refractivity contribution in [2.75, 3.05) is 18.1 Å². The molecule has 0 aromatic rings. The first-order valence-electron chi connectivity index (χ1n) is 5.24. The molecule has 0 spiro atoms. The Morgan fingerprint density at radius 2 is 1.73 bits per heavy atom. The Kier molecular flexibility index (Phi) is 3.02. The highest BCUT2D eigenvalue weighted by atomic mass is 32.2. The van der Waals surface area contributed by atoms with Gasteiger partial charge in [-0.05, 0) is 12.8 Å². The number of nitrogens with zero attached hydrogens (tertiary/aromatic N) is 1. The molecular formula is C10H15NO3S. The van der Waals surface area contributed by atoms with E-state index in [0.29, 0.717) is 24.3 Å². The minimum atomic E-state index is -0.812. The number of β-amino-alcohol motifs (C(OH)–C–C–N with tert-alkyl or cyclic N) is 1. The number of imide groups is 1. The largest absolute Gasteiger partial charge is 0.388 e. The van der Waals surface area contributed by atoms with E-state index in [1.165, 1.54) is 16.7 Å². The van der Waals surface area contributed by atoms with Crippen molar-refractivity contribution < 1.29 is 14.7 Å². The van der Waals surface area contributed by atoms with Crippen molar-refractivity contribution >= 4 is 23.6 Å². The van der Waals surface area contributed by atoms with Crippen molar-refractivity contribution in [3.63, 3.8) is 0 Å². The van der Waals surface area contributed by atoms with Gasteiger partial charge in [0.1, 0.15) is 0 Å². The molecule has 4 nitrogen and oxygen atoms in total. The van der Waals surface area contributed by atoms with Crippen LogP contribution in [0.4, 0.5) is 0 Å². The molecule has 0 atom stereocenters. The summed E-state index contributed by atoms with van der Waals surface area (Å²) in [5.41, 5.74) is -0.812. The third kappa shape index (κ3) is 2.34. The first-order valence-corrected chi connectivity index (χ1v) is 6.40. The van der Waals surface area contributed by atoms with E-state index in [1.54, 1.807) is 0 Å². The summed E-state index contributed by atoms with van der Waals surface area (Å²) in [5.74, 6) is 0.414. The van der Waals surface area contributed by atoms with Gasteiger partial charge in [-0.2, -0.15) is 0 Å². The molecule has 1 saturated carbocycles. The van der Waals surface area contributed by atoms with Crippen LogP contribution < -0.4 is 0 Å². The zero-order valence-electron chi connectivity index (χ0n) is 8.57.